The number of hydrogen-bond acceptors (Lipinski definition) is 6. The lowest BCUT2D eigenvalue weighted by Crippen LogP contribution is -2.61. The van der Waals surface area contributed by atoms with E-state index in [4.69, 9.17) is 4.42 Å². The molecule has 8 nitrogen and oxygen atoms in total. The van der Waals surface area contributed by atoms with E-state index >= 15 is 0 Å². The zero-order valence-electron chi connectivity index (χ0n) is 18.9. The summed E-state index contributed by atoms with van der Waals surface area (Å²) in [4.78, 5) is 42.2. The van der Waals surface area contributed by atoms with Crippen LogP contribution in [0.3, 0.4) is 0 Å². The van der Waals surface area contributed by atoms with Crippen LogP contribution in [0, 0.1) is 5.92 Å². The van der Waals surface area contributed by atoms with Crippen molar-refractivity contribution in [2.45, 2.75) is 69.2 Å². The van der Waals surface area contributed by atoms with Gasteiger partial charge in [-0.2, -0.15) is 12.6 Å². The number of thiol groups is 1. The molecule has 9 heteroatoms. The van der Waals surface area contributed by atoms with E-state index in [0.29, 0.717) is 30.5 Å². The Hall–Kier alpha value is -2.81. The molecule has 1 unspecified atom stereocenters. The summed E-state index contributed by atoms with van der Waals surface area (Å²) >= 11 is 4.39. The van der Waals surface area contributed by atoms with Gasteiger partial charge in [0.1, 0.15) is 11.6 Å². The van der Waals surface area contributed by atoms with Gasteiger partial charge in [0.2, 0.25) is 11.8 Å². The number of amides is 2. The Balaban J connectivity index is 1.68. The van der Waals surface area contributed by atoms with Gasteiger partial charge in [-0.15, -0.1) is 0 Å². The second-order valence-electron chi connectivity index (χ2n) is 9.06. The van der Waals surface area contributed by atoms with E-state index in [1.54, 1.807) is 36.9 Å². The van der Waals surface area contributed by atoms with Crippen LogP contribution in [-0.2, 0) is 20.8 Å². The predicted octanol–water partition coefficient (Wildman–Crippen LogP) is 3.23. The Labute approximate surface area is 199 Å². The first-order valence-corrected chi connectivity index (χ1v) is 11.7. The fourth-order valence-electron chi connectivity index (χ4n) is 4.12. The molecule has 0 bridgehead atoms. The third-order valence-corrected chi connectivity index (χ3v) is 6.38. The highest BCUT2D eigenvalue weighted by atomic mass is 32.1. The zero-order chi connectivity index (χ0) is 24.0. The van der Waals surface area contributed by atoms with Crippen molar-refractivity contribution < 1.29 is 23.9 Å². The van der Waals surface area contributed by atoms with Crippen LogP contribution in [0.1, 0.15) is 51.5 Å². The molecule has 0 radical (unpaired) electrons. The van der Waals surface area contributed by atoms with Crippen molar-refractivity contribution in [3.8, 4) is 11.3 Å². The van der Waals surface area contributed by atoms with Crippen molar-refractivity contribution in [1.29, 1.82) is 0 Å². The molecule has 1 fully saturated rings. The summed E-state index contributed by atoms with van der Waals surface area (Å²) in [6.07, 6.45) is 7.90. The van der Waals surface area contributed by atoms with Gasteiger partial charge in [-0.05, 0) is 42.9 Å². The van der Waals surface area contributed by atoms with Crippen LogP contribution in [0.4, 0.5) is 0 Å². The molecule has 2 aromatic rings. The maximum absolute atomic E-state index is 13.2. The molecule has 0 aliphatic heterocycles. The van der Waals surface area contributed by atoms with Crippen molar-refractivity contribution in [2.24, 2.45) is 5.92 Å². The Morgan fingerprint density at radius 2 is 1.94 bits per heavy atom. The monoisotopic (exact) mass is 473 g/mol. The van der Waals surface area contributed by atoms with Gasteiger partial charge in [0.05, 0.1) is 23.5 Å². The number of carbonyl (C=O) groups excluding carboxylic acids is 2. The lowest BCUT2D eigenvalue weighted by molar-refractivity contribution is -0.143. The van der Waals surface area contributed by atoms with Crippen molar-refractivity contribution in [2.75, 3.05) is 0 Å². The van der Waals surface area contributed by atoms with E-state index in [0.717, 1.165) is 18.4 Å². The van der Waals surface area contributed by atoms with E-state index in [9.17, 15) is 19.5 Å². The Bertz CT molecular complexity index is 953. The molecule has 33 heavy (non-hydrogen) atoms. The number of carboxylic acids is 1. The Kier molecular flexibility index (Phi) is 8.18. The number of carbonyl (C=O) groups is 3. The first-order chi connectivity index (χ1) is 15.7. The van der Waals surface area contributed by atoms with Crippen LogP contribution in [-0.4, -0.2) is 44.7 Å². The van der Waals surface area contributed by atoms with Gasteiger partial charge in [-0.25, -0.2) is 4.79 Å². The van der Waals surface area contributed by atoms with Crippen molar-refractivity contribution >= 4 is 30.4 Å². The highest BCUT2D eigenvalue weighted by Gasteiger charge is 2.44. The molecule has 0 aromatic carbocycles. The third kappa shape index (κ3) is 6.37. The van der Waals surface area contributed by atoms with E-state index < -0.39 is 28.7 Å². The molecule has 2 amide bonds. The fraction of sp³-hybridized carbons (Fsp3) is 0.500. The third-order valence-electron chi connectivity index (χ3n) is 5.94. The second-order valence-corrected chi connectivity index (χ2v) is 9.68. The topological polar surface area (TPSA) is 122 Å². The molecule has 0 saturated heterocycles. The van der Waals surface area contributed by atoms with Crippen LogP contribution >= 0.6 is 12.6 Å². The molecule has 3 N–H and O–H groups in total. The highest BCUT2D eigenvalue weighted by Crippen LogP contribution is 2.31. The first-order valence-electron chi connectivity index (χ1n) is 11.2. The normalized spacial score (nSPS) is 16.8. The number of furan rings is 1. The van der Waals surface area contributed by atoms with Gasteiger partial charge in [-0.1, -0.05) is 32.8 Å². The van der Waals surface area contributed by atoms with Gasteiger partial charge >= 0.3 is 5.97 Å². The van der Waals surface area contributed by atoms with E-state index in [-0.39, 0.29) is 18.2 Å². The smallest absolute Gasteiger partial charge is 0.326 e. The SMILES string of the molecule is CC(C)C[C@H](S)C(=O)NC1(C(=O)NC(Cc2ccc(-c3ccoc3)nc2)C(=O)O)CCCC1. The number of rotatable bonds is 10. The average Bonchev–Trinajstić information content (AvgIpc) is 3.46. The maximum atomic E-state index is 13.2. The molecule has 1 aliphatic rings. The average molecular weight is 474 g/mol. The molecule has 2 aromatic heterocycles. The summed E-state index contributed by atoms with van der Waals surface area (Å²) in [6, 6.07) is 4.20. The Morgan fingerprint density at radius 1 is 1.21 bits per heavy atom. The number of nitrogens with one attached hydrogen (secondary N) is 2. The van der Waals surface area contributed by atoms with E-state index in [1.807, 2.05) is 13.8 Å². The summed E-state index contributed by atoms with van der Waals surface area (Å²) in [7, 11) is 0. The molecule has 0 spiro atoms. The van der Waals surface area contributed by atoms with E-state index in [2.05, 4.69) is 28.2 Å². The summed E-state index contributed by atoms with van der Waals surface area (Å²) in [5.74, 6) is -1.62. The van der Waals surface area contributed by atoms with Crippen LogP contribution in [0.2, 0.25) is 0 Å². The largest absolute Gasteiger partial charge is 0.480 e. The van der Waals surface area contributed by atoms with Gasteiger partial charge in [-0.3, -0.25) is 14.6 Å². The molecular formula is C24H31N3O5S. The van der Waals surface area contributed by atoms with Gasteiger partial charge in [0, 0.05) is 18.2 Å². The number of nitrogens with zero attached hydrogens (tertiary/aromatic N) is 1. The summed E-state index contributed by atoms with van der Waals surface area (Å²) < 4.78 is 5.06. The molecule has 2 heterocycles. The van der Waals surface area contributed by atoms with Crippen molar-refractivity contribution in [3.05, 3.63) is 42.5 Å². The van der Waals surface area contributed by atoms with Gasteiger partial charge in [0.25, 0.3) is 0 Å². The first kappa shape index (κ1) is 24.8. The quantitative estimate of drug-likeness (QED) is 0.393. The number of carboxylic acid groups (broad SMARTS) is 1. The summed E-state index contributed by atoms with van der Waals surface area (Å²) in [5.41, 5.74) is 1.10. The van der Waals surface area contributed by atoms with Crippen LogP contribution in [0.25, 0.3) is 11.3 Å². The predicted molar refractivity (Wildman–Crippen MR) is 127 cm³/mol. The zero-order valence-corrected chi connectivity index (χ0v) is 19.8. The second kappa shape index (κ2) is 10.9. The highest BCUT2D eigenvalue weighted by molar-refractivity contribution is 7.81. The lowest BCUT2D eigenvalue weighted by Gasteiger charge is -2.31. The van der Waals surface area contributed by atoms with Crippen molar-refractivity contribution in [1.82, 2.24) is 15.6 Å². The minimum absolute atomic E-state index is 0.0757. The maximum Gasteiger partial charge on any atom is 0.326 e. The molecule has 2 atom stereocenters. The minimum atomic E-state index is -1.14. The number of pyridine rings is 1. The fourth-order valence-corrected chi connectivity index (χ4v) is 4.60. The standard InChI is InChI=1S/C24H31N3O5S/c1-15(2)11-20(33)21(28)27-24(8-3-4-9-24)23(31)26-19(22(29)30)12-16-5-6-18(25-13-16)17-7-10-32-14-17/h5-7,10,13-15,19-20,33H,3-4,8-9,11-12H2,1-2H3,(H,26,31)(H,27,28)(H,29,30)/t19?,20-/m0/s1. The number of aliphatic carboxylic acids is 1. The summed E-state index contributed by atoms with van der Waals surface area (Å²) in [5, 5.41) is 14.8. The van der Waals surface area contributed by atoms with Gasteiger partial charge in [0.15, 0.2) is 0 Å². The molecule has 3 rings (SSSR count). The minimum Gasteiger partial charge on any atom is -0.480 e. The van der Waals surface area contributed by atoms with Crippen LogP contribution < -0.4 is 10.6 Å². The lowest BCUT2D eigenvalue weighted by atomic mass is 9.94. The summed E-state index contributed by atoms with van der Waals surface area (Å²) in [6.45, 7) is 4.01. The number of hydrogen-bond donors (Lipinski definition) is 4. The van der Waals surface area contributed by atoms with Crippen LogP contribution in [0.15, 0.2) is 41.3 Å². The van der Waals surface area contributed by atoms with Gasteiger partial charge < -0.3 is 20.2 Å². The number of aromatic nitrogens is 1. The Morgan fingerprint density at radius 3 is 2.48 bits per heavy atom. The van der Waals surface area contributed by atoms with Crippen molar-refractivity contribution in [3.63, 3.8) is 0 Å². The molecule has 178 valence electrons. The molecule has 1 aliphatic carbocycles. The van der Waals surface area contributed by atoms with Crippen LogP contribution in [0.5, 0.6) is 0 Å². The molecule has 1 saturated carbocycles. The van der Waals surface area contributed by atoms with E-state index in [1.165, 1.54) is 0 Å². The molecular weight excluding hydrogens is 442 g/mol.